The average molecular weight is 455 g/mol. The van der Waals surface area contributed by atoms with Crippen molar-refractivity contribution in [1.82, 2.24) is 9.62 Å². The fraction of sp³-hybridized carbons (Fsp3) is 0.350. The van der Waals surface area contributed by atoms with Crippen LogP contribution in [0, 0.1) is 0 Å². The minimum absolute atomic E-state index is 0.0515. The minimum Gasteiger partial charge on any atom is -0.492 e. The Labute approximate surface area is 180 Å². The van der Waals surface area contributed by atoms with Crippen LogP contribution in [-0.2, 0) is 19.6 Å². The second-order valence-corrected chi connectivity index (χ2v) is 8.60. The number of amides is 1. The number of sulfonamides is 1. The van der Waals surface area contributed by atoms with Gasteiger partial charge >= 0.3 is 0 Å². The molecule has 0 unspecified atom stereocenters. The fourth-order valence-corrected chi connectivity index (χ4v) is 4.21. The molecule has 30 heavy (non-hydrogen) atoms. The molecule has 1 saturated heterocycles. The van der Waals surface area contributed by atoms with E-state index in [1.54, 1.807) is 17.0 Å². The predicted molar refractivity (Wildman–Crippen MR) is 111 cm³/mol. The van der Waals surface area contributed by atoms with Crippen LogP contribution in [0.15, 0.2) is 53.4 Å². The van der Waals surface area contributed by atoms with Crippen molar-refractivity contribution in [1.29, 1.82) is 0 Å². The van der Waals surface area contributed by atoms with Crippen molar-refractivity contribution in [3.8, 4) is 11.5 Å². The summed E-state index contributed by atoms with van der Waals surface area (Å²) >= 11 is 5.99. The van der Waals surface area contributed by atoms with Crippen LogP contribution >= 0.6 is 11.6 Å². The van der Waals surface area contributed by atoms with Crippen LogP contribution in [0.25, 0.3) is 0 Å². The molecule has 162 valence electrons. The number of ether oxygens (including phenoxy) is 3. The molecule has 0 atom stereocenters. The largest absolute Gasteiger partial charge is 0.492 e. The number of carbonyl (C=O) groups excluding carboxylic acids is 1. The molecule has 1 fully saturated rings. The highest BCUT2D eigenvalue weighted by Crippen LogP contribution is 2.27. The molecule has 0 aliphatic carbocycles. The van der Waals surface area contributed by atoms with E-state index in [9.17, 15) is 13.2 Å². The first-order valence-electron chi connectivity index (χ1n) is 9.41. The number of halogens is 1. The van der Waals surface area contributed by atoms with Gasteiger partial charge in [-0.3, -0.25) is 4.79 Å². The van der Waals surface area contributed by atoms with Crippen LogP contribution in [0.1, 0.15) is 0 Å². The lowest BCUT2D eigenvalue weighted by Gasteiger charge is -2.26. The van der Waals surface area contributed by atoms with Gasteiger partial charge in [-0.15, -0.1) is 0 Å². The van der Waals surface area contributed by atoms with Gasteiger partial charge in [0.2, 0.25) is 10.0 Å². The summed E-state index contributed by atoms with van der Waals surface area (Å²) in [6.07, 6.45) is 0. The highest BCUT2D eigenvalue weighted by Gasteiger charge is 2.22. The zero-order valence-corrected chi connectivity index (χ0v) is 17.8. The number of hydrogen-bond donors (Lipinski definition) is 1. The topological polar surface area (TPSA) is 94.2 Å². The molecular weight excluding hydrogens is 432 g/mol. The van der Waals surface area contributed by atoms with Gasteiger partial charge in [0.15, 0.2) is 6.61 Å². The molecule has 1 heterocycles. The normalized spacial score (nSPS) is 14.4. The number of rotatable bonds is 9. The van der Waals surface area contributed by atoms with Crippen molar-refractivity contribution in [3.05, 3.63) is 53.6 Å². The Balaban J connectivity index is 1.60. The van der Waals surface area contributed by atoms with Gasteiger partial charge in [0, 0.05) is 24.7 Å². The SMILES string of the molecule is O=C(COc1ccc(Cl)cc1S(=O)(=O)NCCOc1ccccc1)N1CCOCC1. The molecule has 1 N–H and O–H groups in total. The molecule has 0 saturated carbocycles. The smallest absolute Gasteiger partial charge is 0.260 e. The van der Waals surface area contributed by atoms with Crippen LogP contribution in [0.4, 0.5) is 0 Å². The molecule has 2 aromatic carbocycles. The fourth-order valence-electron chi connectivity index (χ4n) is 2.79. The molecule has 1 aliphatic heterocycles. The number of morpholine rings is 1. The average Bonchev–Trinajstić information content (AvgIpc) is 2.77. The predicted octanol–water partition coefficient (Wildman–Crippen LogP) is 1.93. The van der Waals surface area contributed by atoms with E-state index in [2.05, 4.69) is 4.72 Å². The van der Waals surface area contributed by atoms with E-state index in [1.165, 1.54) is 18.2 Å². The monoisotopic (exact) mass is 454 g/mol. The second-order valence-electron chi connectivity index (χ2n) is 6.43. The number of benzene rings is 2. The van der Waals surface area contributed by atoms with Crippen LogP contribution in [-0.4, -0.2) is 65.3 Å². The zero-order chi connectivity index (χ0) is 21.4. The van der Waals surface area contributed by atoms with Gasteiger partial charge in [0.1, 0.15) is 23.0 Å². The maximum absolute atomic E-state index is 12.7. The minimum atomic E-state index is -3.92. The summed E-state index contributed by atoms with van der Waals surface area (Å²) in [7, 11) is -3.92. The van der Waals surface area contributed by atoms with Gasteiger partial charge in [0.25, 0.3) is 5.91 Å². The third-order valence-electron chi connectivity index (χ3n) is 4.32. The summed E-state index contributed by atoms with van der Waals surface area (Å²) in [4.78, 5) is 13.8. The molecule has 1 amide bonds. The van der Waals surface area contributed by atoms with Crippen molar-refractivity contribution in [2.75, 3.05) is 46.1 Å². The van der Waals surface area contributed by atoms with Crippen LogP contribution in [0.3, 0.4) is 0 Å². The molecule has 1 aliphatic rings. The maximum atomic E-state index is 12.7. The Morgan fingerprint density at radius 2 is 1.83 bits per heavy atom. The van der Waals surface area contributed by atoms with Gasteiger partial charge in [-0.2, -0.15) is 0 Å². The maximum Gasteiger partial charge on any atom is 0.260 e. The van der Waals surface area contributed by atoms with E-state index in [0.717, 1.165) is 0 Å². The second kappa shape index (κ2) is 10.6. The third kappa shape index (κ3) is 6.33. The molecular formula is C20H23ClN2O6S. The van der Waals surface area contributed by atoms with Crippen LogP contribution in [0.5, 0.6) is 11.5 Å². The van der Waals surface area contributed by atoms with Gasteiger partial charge in [-0.05, 0) is 30.3 Å². The molecule has 0 aromatic heterocycles. The first-order valence-corrected chi connectivity index (χ1v) is 11.3. The molecule has 0 spiro atoms. The van der Waals surface area contributed by atoms with Crippen LogP contribution in [0.2, 0.25) is 5.02 Å². The highest BCUT2D eigenvalue weighted by atomic mass is 35.5. The highest BCUT2D eigenvalue weighted by molar-refractivity contribution is 7.89. The van der Waals surface area contributed by atoms with Gasteiger partial charge in [-0.1, -0.05) is 29.8 Å². The zero-order valence-electron chi connectivity index (χ0n) is 16.3. The molecule has 0 bridgehead atoms. The Morgan fingerprint density at radius 1 is 1.10 bits per heavy atom. The van der Waals surface area contributed by atoms with Crippen LogP contribution < -0.4 is 14.2 Å². The van der Waals surface area contributed by atoms with Crippen molar-refractivity contribution >= 4 is 27.5 Å². The Morgan fingerprint density at radius 3 is 2.57 bits per heavy atom. The van der Waals surface area contributed by atoms with E-state index < -0.39 is 10.0 Å². The number of nitrogens with one attached hydrogen (secondary N) is 1. The quantitative estimate of drug-likeness (QED) is 0.582. The summed E-state index contributed by atoms with van der Waals surface area (Å²) in [5.74, 6) is 0.461. The Kier molecular flexibility index (Phi) is 7.92. The molecule has 3 rings (SSSR count). The Hall–Kier alpha value is -2.33. The van der Waals surface area contributed by atoms with E-state index in [0.29, 0.717) is 32.1 Å². The lowest BCUT2D eigenvalue weighted by Crippen LogP contribution is -2.43. The summed E-state index contributed by atoms with van der Waals surface area (Å²) in [5, 5.41) is 0.239. The molecule has 8 nitrogen and oxygen atoms in total. The van der Waals surface area contributed by atoms with E-state index in [-0.39, 0.29) is 41.3 Å². The van der Waals surface area contributed by atoms with Crippen molar-refractivity contribution in [2.45, 2.75) is 4.90 Å². The molecule has 10 heteroatoms. The first-order chi connectivity index (χ1) is 14.5. The third-order valence-corrected chi connectivity index (χ3v) is 6.03. The van der Waals surface area contributed by atoms with Gasteiger partial charge in [-0.25, -0.2) is 13.1 Å². The summed E-state index contributed by atoms with van der Waals surface area (Å²) in [6.45, 7) is 1.84. The van der Waals surface area contributed by atoms with Gasteiger partial charge < -0.3 is 19.1 Å². The van der Waals surface area contributed by atoms with E-state index in [1.807, 2.05) is 18.2 Å². The number of carbonyl (C=O) groups is 1. The van der Waals surface area contributed by atoms with E-state index in [4.69, 9.17) is 25.8 Å². The van der Waals surface area contributed by atoms with Crippen molar-refractivity contribution < 1.29 is 27.4 Å². The number of para-hydroxylation sites is 1. The lowest BCUT2D eigenvalue weighted by molar-refractivity contribution is -0.137. The number of nitrogens with zero attached hydrogens (tertiary/aromatic N) is 1. The van der Waals surface area contributed by atoms with Crippen molar-refractivity contribution in [2.24, 2.45) is 0 Å². The van der Waals surface area contributed by atoms with Crippen molar-refractivity contribution in [3.63, 3.8) is 0 Å². The lowest BCUT2D eigenvalue weighted by atomic mass is 10.3. The first kappa shape index (κ1) is 22.4. The summed E-state index contributed by atoms with van der Waals surface area (Å²) < 4.78 is 44.2. The molecule has 0 radical (unpaired) electrons. The standard InChI is InChI=1S/C20H23ClN2O6S/c21-16-6-7-18(29-15-20(24)23-9-12-27-13-10-23)19(14-16)30(25,26)22-8-11-28-17-4-2-1-3-5-17/h1-7,14,22H,8-13,15H2. The molecule has 2 aromatic rings. The Bertz CT molecular complexity index is 949. The van der Waals surface area contributed by atoms with Gasteiger partial charge in [0.05, 0.1) is 13.2 Å². The van der Waals surface area contributed by atoms with E-state index >= 15 is 0 Å². The summed E-state index contributed by atoms with van der Waals surface area (Å²) in [5.41, 5.74) is 0. The summed E-state index contributed by atoms with van der Waals surface area (Å²) in [6, 6.07) is 13.3. The number of hydrogen-bond acceptors (Lipinski definition) is 6.